The van der Waals surface area contributed by atoms with Crippen molar-refractivity contribution in [3.05, 3.63) is 29.6 Å². The summed E-state index contributed by atoms with van der Waals surface area (Å²) >= 11 is 0. The van der Waals surface area contributed by atoms with E-state index in [4.69, 9.17) is 5.73 Å². The van der Waals surface area contributed by atoms with Crippen LogP contribution in [0.4, 0.5) is 10.1 Å². The third kappa shape index (κ3) is 2.83. The topological polar surface area (TPSA) is 29.3 Å². The first-order chi connectivity index (χ1) is 8.76. The normalized spacial score (nSPS) is 20.8. The van der Waals surface area contributed by atoms with E-state index in [0.29, 0.717) is 5.56 Å². The lowest BCUT2D eigenvalue weighted by Gasteiger charge is -2.25. The molecule has 2 N–H and O–H groups in total. The van der Waals surface area contributed by atoms with Gasteiger partial charge in [0.15, 0.2) is 0 Å². The quantitative estimate of drug-likeness (QED) is 0.892. The molecule has 0 saturated carbocycles. The number of rotatable bonds is 3. The van der Waals surface area contributed by atoms with Gasteiger partial charge in [-0.1, -0.05) is 19.4 Å². The van der Waals surface area contributed by atoms with E-state index in [-0.39, 0.29) is 12.4 Å². The highest BCUT2D eigenvalue weighted by molar-refractivity contribution is 5.54. The van der Waals surface area contributed by atoms with Gasteiger partial charge in [-0.15, -0.1) is 0 Å². The third-order valence-corrected chi connectivity index (χ3v) is 4.06. The molecule has 1 aliphatic rings. The molecule has 1 saturated heterocycles. The molecule has 1 aromatic carbocycles. The molecule has 2 rings (SSSR count). The van der Waals surface area contributed by atoms with Crippen molar-refractivity contribution < 1.29 is 4.39 Å². The van der Waals surface area contributed by atoms with Crippen LogP contribution in [0.5, 0.6) is 0 Å². The maximum Gasteiger partial charge on any atom is 0.129 e. The summed E-state index contributed by atoms with van der Waals surface area (Å²) in [5, 5.41) is 0. The van der Waals surface area contributed by atoms with Crippen molar-refractivity contribution in [1.82, 2.24) is 0 Å². The molecule has 0 aromatic heterocycles. The van der Waals surface area contributed by atoms with Gasteiger partial charge in [0.2, 0.25) is 0 Å². The van der Waals surface area contributed by atoms with E-state index >= 15 is 0 Å². The van der Waals surface area contributed by atoms with Gasteiger partial charge in [0.25, 0.3) is 0 Å². The van der Waals surface area contributed by atoms with Gasteiger partial charge < -0.3 is 10.6 Å². The zero-order chi connectivity index (χ0) is 13.0. The minimum absolute atomic E-state index is 0.175. The van der Waals surface area contributed by atoms with Crippen molar-refractivity contribution in [1.29, 1.82) is 0 Å². The second kappa shape index (κ2) is 6.19. The van der Waals surface area contributed by atoms with E-state index in [1.165, 1.54) is 31.7 Å². The van der Waals surface area contributed by atoms with Crippen molar-refractivity contribution in [3.8, 4) is 0 Å². The Morgan fingerprint density at radius 1 is 1.33 bits per heavy atom. The van der Waals surface area contributed by atoms with Crippen LogP contribution in [0.25, 0.3) is 0 Å². The van der Waals surface area contributed by atoms with Crippen LogP contribution in [0, 0.1) is 11.7 Å². The minimum Gasteiger partial charge on any atom is -0.371 e. The summed E-state index contributed by atoms with van der Waals surface area (Å²) in [6, 6.07) is 5.28. The predicted octanol–water partition coefficient (Wildman–Crippen LogP) is 3.30. The fraction of sp³-hybridized carbons (Fsp3) is 0.600. The van der Waals surface area contributed by atoms with Crippen molar-refractivity contribution in [3.63, 3.8) is 0 Å². The average Bonchev–Trinajstić information content (AvgIpc) is 2.63. The first kappa shape index (κ1) is 13.3. The molecule has 1 aliphatic heterocycles. The first-order valence-electron chi connectivity index (χ1n) is 6.98. The highest BCUT2D eigenvalue weighted by Gasteiger charge is 2.18. The van der Waals surface area contributed by atoms with Gasteiger partial charge in [-0.3, -0.25) is 0 Å². The molecule has 0 amide bonds. The van der Waals surface area contributed by atoms with Crippen molar-refractivity contribution in [2.45, 2.75) is 39.2 Å². The molecule has 1 fully saturated rings. The molecular weight excluding hydrogens is 227 g/mol. The molecule has 1 atom stereocenters. The monoisotopic (exact) mass is 250 g/mol. The summed E-state index contributed by atoms with van der Waals surface area (Å²) in [6.07, 6.45) is 4.94. The fourth-order valence-electron chi connectivity index (χ4n) is 2.86. The maximum atomic E-state index is 13.7. The Balaban J connectivity index is 2.18. The molecular formula is C15H23FN2. The molecule has 1 aromatic rings. The maximum absolute atomic E-state index is 13.7. The second-order valence-corrected chi connectivity index (χ2v) is 5.13. The molecule has 1 heterocycles. The summed E-state index contributed by atoms with van der Waals surface area (Å²) < 4.78 is 13.7. The SMILES string of the molecule is CCC1CCCN(c2cccc(F)c2CN)CC1. The molecule has 0 bridgehead atoms. The molecule has 2 nitrogen and oxygen atoms in total. The molecule has 0 radical (unpaired) electrons. The van der Waals surface area contributed by atoms with Gasteiger partial charge in [-0.25, -0.2) is 4.39 Å². The highest BCUT2D eigenvalue weighted by Crippen LogP contribution is 2.28. The lowest BCUT2D eigenvalue weighted by atomic mass is 9.98. The van der Waals surface area contributed by atoms with Gasteiger partial charge >= 0.3 is 0 Å². The Morgan fingerprint density at radius 3 is 2.89 bits per heavy atom. The molecule has 100 valence electrons. The highest BCUT2D eigenvalue weighted by atomic mass is 19.1. The van der Waals surface area contributed by atoms with Gasteiger partial charge in [0, 0.05) is 30.9 Å². The van der Waals surface area contributed by atoms with E-state index in [1.54, 1.807) is 6.07 Å². The van der Waals surface area contributed by atoms with Crippen molar-refractivity contribution in [2.24, 2.45) is 11.7 Å². The number of nitrogens with zero attached hydrogens (tertiary/aromatic N) is 1. The Bertz CT molecular complexity index is 392. The Hall–Kier alpha value is -1.09. The van der Waals surface area contributed by atoms with E-state index < -0.39 is 0 Å². The van der Waals surface area contributed by atoms with E-state index in [9.17, 15) is 4.39 Å². The largest absolute Gasteiger partial charge is 0.371 e. The van der Waals surface area contributed by atoms with Gasteiger partial charge in [-0.2, -0.15) is 0 Å². The number of benzene rings is 1. The van der Waals surface area contributed by atoms with Crippen molar-refractivity contribution in [2.75, 3.05) is 18.0 Å². The summed E-state index contributed by atoms with van der Waals surface area (Å²) in [5.74, 6) is 0.649. The third-order valence-electron chi connectivity index (χ3n) is 4.06. The van der Waals surface area contributed by atoms with Gasteiger partial charge in [-0.05, 0) is 37.3 Å². The van der Waals surface area contributed by atoms with Crippen LogP contribution < -0.4 is 10.6 Å². The van der Waals surface area contributed by atoms with E-state index in [1.807, 2.05) is 6.07 Å². The van der Waals surface area contributed by atoms with Crippen LogP contribution in [0.3, 0.4) is 0 Å². The smallest absolute Gasteiger partial charge is 0.129 e. The standard InChI is InChI=1S/C15H23FN2/c1-2-12-5-4-9-18(10-8-12)15-7-3-6-14(16)13(15)11-17/h3,6-7,12H,2,4-5,8-11,17H2,1H3. The fourth-order valence-corrected chi connectivity index (χ4v) is 2.86. The summed E-state index contributed by atoms with van der Waals surface area (Å²) in [4.78, 5) is 2.31. The number of halogens is 1. The molecule has 18 heavy (non-hydrogen) atoms. The van der Waals surface area contributed by atoms with Crippen molar-refractivity contribution >= 4 is 5.69 Å². The zero-order valence-corrected chi connectivity index (χ0v) is 11.2. The Labute approximate surface area is 109 Å². The van der Waals surface area contributed by atoms with Crippen LogP contribution in [0.2, 0.25) is 0 Å². The Morgan fingerprint density at radius 2 is 2.17 bits per heavy atom. The number of nitrogens with two attached hydrogens (primary N) is 1. The predicted molar refractivity (Wildman–Crippen MR) is 74.1 cm³/mol. The number of anilines is 1. The summed E-state index contributed by atoms with van der Waals surface area (Å²) in [6.45, 7) is 4.57. The van der Waals surface area contributed by atoms with E-state index in [0.717, 1.165) is 24.7 Å². The molecule has 0 aliphatic carbocycles. The van der Waals surface area contributed by atoms with Crippen LogP contribution in [0.15, 0.2) is 18.2 Å². The minimum atomic E-state index is -0.175. The van der Waals surface area contributed by atoms with Crippen LogP contribution in [-0.2, 0) is 6.54 Å². The first-order valence-corrected chi connectivity index (χ1v) is 6.98. The summed E-state index contributed by atoms with van der Waals surface area (Å²) in [5.41, 5.74) is 7.34. The average molecular weight is 250 g/mol. The van der Waals surface area contributed by atoms with Crippen LogP contribution >= 0.6 is 0 Å². The van der Waals surface area contributed by atoms with Gasteiger partial charge in [0.05, 0.1) is 0 Å². The molecule has 0 spiro atoms. The zero-order valence-electron chi connectivity index (χ0n) is 11.2. The number of hydrogen-bond donors (Lipinski definition) is 1. The molecule has 3 heteroatoms. The lowest BCUT2D eigenvalue weighted by Crippen LogP contribution is -2.26. The number of hydrogen-bond acceptors (Lipinski definition) is 2. The molecule has 1 unspecified atom stereocenters. The van der Waals surface area contributed by atoms with E-state index in [2.05, 4.69) is 11.8 Å². The van der Waals surface area contributed by atoms with Crippen LogP contribution in [0.1, 0.15) is 38.2 Å². The van der Waals surface area contributed by atoms with Gasteiger partial charge in [0.1, 0.15) is 5.82 Å². The second-order valence-electron chi connectivity index (χ2n) is 5.13. The Kier molecular flexibility index (Phi) is 4.59. The lowest BCUT2D eigenvalue weighted by molar-refractivity contribution is 0.459. The van der Waals surface area contributed by atoms with Crippen LogP contribution in [-0.4, -0.2) is 13.1 Å². The summed E-state index contributed by atoms with van der Waals surface area (Å²) in [7, 11) is 0.